The fraction of sp³-hybridized carbons (Fsp3) is 0.625. The van der Waals surface area contributed by atoms with Gasteiger partial charge in [0.05, 0.1) is 11.5 Å². The highest BCUT2D eigenvalue weighted by Gasteiger charge is 2.24. The van der Waals surface area contributed by atoms with Crippen molar-refractivity contribution in [2.45, 2.75) is 25.7 Å². The van der Waals surface area contributed by atoms with Crippen molar-refractivity contribution < 1.29 is 19.2 Å². The summed E-state index contributed by atoms with van der Waals surface area (Å²) in [5, 5.41) is 11.3. The highest BCUT2D eigenvalue weighted by molar-refractivity contribution is 8.15. The van der Waals surface area contributed by atoms with Crippen molar-refractivity contribution >= 4 is 57.7 Å². The molecule has 2 heterocycles. The molecule has 0 bridgehead atoms. The van der Waals surface area contributed by atoms with Crippen molar-refractivity contribution in [1.82, 2.24) is 21.3 Å². The molecule has 0 radical (unpaired) electrons. The topological polar surface area (TPSA) is 141 Å². The van der Waals surface area contributed by atoms with Crippen LogP contribution in [0.25, 0.3) is 0 Å². The lowest BCUT2D eigenvalue weighted by Crippen LogP contribution is -2.35. The number of nitrogens with one attached hydrogen (secondary N) is 4. The summed E-state index contributed by atoms with van der Waals surface area (Å²) in [6.45, 7) is 1.04. The molecule has 6 amide bonds. The van der Waals surface area contributed by atoms with Gasteiger partial charge in [-0.15, -0.1) is 0 Å². The van der Waals surface area contributed by atoms with E-state index in [-0.39, 0.29) is 11.8 Å². The number of thioether (sulfide) groups is 2. The van der Waals surface area contributed by atoms with E-state index in [1.807, 2.05) is 0 Å². The van der Waals surface area contributed by atoms with Gasteiger partial charge >= 0.3 is 12.1 Å². The second-order valence-corrected chi connectivity index (χ2v) is 8.71. The van der Waals surface area contributed by atoms with Gasteiger partial charge in [-0.2, -0.15) is 9.98 Å². The standard InChI is InChI=1S/C16H22N6O4S2/c23-11-7-27-15(19-11)21-13(25)17-5-9-2-1-3-10(4-9)6-18-14(26)22-16-20-12(24)8-28-16/h9-10H,1-8H2,(H2,17,19,21,23,25)(H2,18,20,22,24,26). The van der Waals surface area contributed by atoms with Gasteiger partial charge in [0.2, 0.25) is 11.8 Å². The normalized spacial score (nSPS) is 27.6. The van der Waals surface area contributed by atoms with Crippen LogP contribution in [0.5, 0.6) is 0 Å². The van der Waals surface area contributed by atoms with E-state index < -0.39 is 12.1 Å². The molecule has 2 aliphatic heterocycles. The lowest BCUT2D eigenvalue weighted by Gasteiger charge is -2.29. The Labute approximate surface area is 170 Å². The number of carbonyl (C=O) groups is 4. The zero-order chi connectivity index (χ0) is 19.9. The highest BCUT2D eigenvalue weighted by atomic mass is 32.2. The Kier molecular flexibility index (Phi) is 7.31. The minimum absolute atomic E-state index is 0.146. The van der Waals surface area contributed by atoms with Gasteiger partial charge in [-0.25, -0.2) is 9.59 Å². The number of urea groups is 2. The monoisotopic (exact) mass is 426 g/mol. The molecule has 2 saturated heterocycles. The molecular formula is C16H22N6O4S2. The summed E-state index contributed by atoms with van der Waals surface area (Å²) in [4.78, 5) is 53.6. The Bertz CT molecular complexity index is 668. The van der Waals surface area contributed by atoms with E-state index in [0.717, 1.165) is 25.7 Å². The van der Waals surface area contributed by atoms with Crippen LogP contribution >= 0.6 is 23.5 Å². The lowest BCUT2D eigenvalue weighted by molar-refractivity contribution is -0.117. The molecule has 2 atom stereocenters. The Morgan fingerprint density at radius 1 is 0.893 bits per heavy atom. The van der Waals surface area contributed by atoms with Gasteiger partial charge in [-0.3, -0.25) is 9.59 Å². The van der Waals surface area contributed by atoms with Crippen LogP contribution in [0.3, 0.4) is 0 Å². The maximum atomic E-state index is 11.9. The molecule has 152 valence electrons. The third kappa shape index (κ3) is 6.51. The Balaban J connectivity index is 1.36. The molecule has 0 aromatic heterocycles. The fourth-order valence-corrected chi connectivity index (χ4v) is 4.62. The molecule has 1 aliphatic carbocycles. The molecule has 3 fully saturated rings. The van der Waals surface area contributed by atoms with Crippen LogP contribution < -0.4 is 21.3 Å². The predicted molar refractivity (Wildman–Crippen MR) is 108 cm³/mol. The maximum Gasteiger partial charge on any atom is 0.343 e. The number of rotatable bonds is 4. The van der Waals surface area contributed by atoms with Crippen LogP contribution in [0.15, 0.2) is 9.98 Å². The SMILES string of the molecule is O=C1CS/C(=N\C(=O)NCC2CCCC(CNC(=O)/N=C3/NC(=O)CS3)C2)N1. The van der Waals surface area contributed by atoms with Crippen molar-refractivity contribution in [3.05, 3.63) is 0 Å². The minimum atomic E-state index is -0.452. The first-order valence-corrected chi connectivity index (χ1v) is 11.0. The summed E-state index contributed by atoms with van der Waals surface area (Å²) in [5.74, 6) is 0.932. The van der Waals surface area contributed by atoms with E-state index >= 15 is 0 Å². The zero-order valence-corrected chi connectivity index (χ0v) is 16.8. The minimum Gasteiger partial charge on any atom is -0.336 e. The van der Waals surface area contributed by atoms with Crippen molar-refractivity contribution in [3.63, 3.8) is 0 Å². The van der Waals surface area contributed by atoms with E-state index in [4.69, 9.17) is 0 Å². The number of carbonyl (C=O) groups excluding carboxylic acids is 4. The second kappa shape index (κ2) is 9.92. The highest BCUT2D eigenvalue weighted by Crippen LogP contribution is 2.28. The van der Waals surface area contributed by atoms with Gasteiger partial charge in [-0.1, -0.05) is 29.9 Å². The van der Waals surface area contributed by atoms with Crippen LogP contribution in [0.2, 0.25) is 0 Å². The van der Waals surface area contributed by atoms with Crippen molar-refractivity contribution in [3.8, 4) is 0 Å². The largest absolute Gasteiger partial charge is 0.343 e. The number of nitrogens with zero attached hydrogens (tertiary/aromatic N) is 2. The van der Waals surface area contributed by atoms with Crippen LogP contribution in [0.1, 0.15) is 25.7 Å². The molecule has 0 spiro atoms. The smallest absolute Gasteiger partial charge is 0.336 e. The summed E-state index contributed by atoms with van der Waals surface area (Å²) in [5.41, 5.74) is 0. The molecular weight excluding hydrogens is 404 g/mol. The van der Waals surface area contributed by atoms with Gasteiger partial charge in [0.1, 0.15) is 0 Å². The van der Waals surface area contributed by atoms with E-state index in [9.17, 15) is 19.2 Å². The fourth-order valence-electron chi connectivity index (χ4n) is 3.27. The predicted octanol–water partition coefficient (Wildman–Crippen LogP) is 0.650. The molecule has 0 aromatic rings. The van der Waals surface area contributed by atoms with E-state index in [1.54, 1.807) is 0 Å². The summed E-state index contributed by atoms with van der Waals surface area (Å²) in [6, 6.07) is -0.904. The van der Waals surface area contributed by atoms with Gasteiger partial charge in [0, 0.05) is 13.1 Å². The Morgan fingerprint density at radius 2 is 1.36 bits per heavy atom. The van der Waals surface area contributed by atoms with Crippen LogP contribution in [0.4, 0.5) is 9.59 Å². The number of amidine groups is 2. The molecule has 4 N–H and O–H groups in total. The molecule has 3 rings (SSSR count). The van der Waals surface area contributed by atoms with Crippen molar-refractivity contribution in [2.24, 2.45) is 21.8 Å². The quantitative estimate of drug-likeness (QED) is 0.520. The number of hydrogen-bond donors (Lipinski definition) is 4. The van der Waals surface area contributed by atoms with E-state index in [0.29, 0.717) is 46.8 Å². The summed E-state index contributed by atoms with van der Waals surface area (Å²) >= 11 is 2.43. The molecule has 2 unspecified atom stereocenters. The average molecular weight is 427 g/mol. The van der Waals surface area contributed by atoms with Gasteiger partial charge < -0.3 is 21.3 Å². The zero-order valence-electron chi connectivity index (χ0n) is 15.2. The van der Waals surface area contributed by atoms with Gasteiger partial charge in [-0.05, 0) is 31.1 Å². The summed E-state index contributed by atoms with van der Waals surface area (Å²) in [7, 11) is 0. The first kappa shape index (κ1) is 20.6. The number of hydrogen-bond acceptors (Lipinski definition) is 6. The molecule has 0 aromatic carbocycles. The Morgan fingerprint density at radius 3 is 1.75 bits per heavy atom. The van der Waals surface area contributed by atoms with Crippen LogP contribution in [-0.2, 0) is 9.59 Å². The summed E-state index contributed by atoms with van der Waals surface area (Å²) in [6.07, 6.45) is 3.95. The van der Waals surface area contributed by atoms with E-state index in [2.05, 4.69) is 31.3 Å². The first-order chi connectivity index (χ1) is 13.5. The van der Waals surface area contributed by atoms with E-state index in [1.165, 1.54) is 23.5 Å². The van der Waals surface area contributed by atoms with Crippen LogP contribution in [-0.4, -0.2) is 58.8 Å². The Hall–Kier alpha value is -2.08. The number of amides is 6. The molecule has 3 aliphatic rings. The van der Waals surface area contributed by atoms with Gasteiger partial charge in [0.15, 0.2) is 10.3 Å². The van der Waals surface area contributed by atoms with Gasteiger partial charge in [0.25, 0.3) is 0 Å². The summed E-state index contributed by atoms with van der Waals surface area (Å²) < 4.78 is 0. The molecule has 12 heteroatoms. The van der Waals surface area contributed by atoms with Crippen molar-refractivity contribution in [1.29, 1.82) is 0 Å². The first-order valence-electron chi connectivity index (χ1n) is 9.06. The molecule has 28 heavy (non-hydrogen) atoms. The maximum absolute atomic E-state index is 11.9. The lowest BCUT2D eigenvalue weighted by atomic mass is 9.81. The second-order valence-electron chi connectivity index (χ2n) is 6.78. The third-order valence-electron chi connectivity index (χ3n) is 4.55. The molecule has 1 saturated carbocycles. The third-order valence-corrected chi connectivity index (χ3v) is 6.30. The van der Waals surface area contributed by atoms with Crippen molar-refractivity contribution in [2.75, 3.05) is 24.6 Å². The average Bonchev–Trinajstić information content (AvgIpc) is 3.26. The molecule has 10 nitrogen and oxygen atoms in total. The van der Waals surface area contributed by atoms with Crippen LogP contribution in [0, 0.1) is 11.8 Å². The number of aliphatic imine (C=N–C) groups is 2.